The fourth-order valence-electron chi connectivity index (χ4n) is 1.32. The summed E-state index contributed by atoms with van der Waals surface area (Å²) >= 11 is 0. The first-order valence-corrected chi connectivity index (χ1v) is 5.57. The fraction of sp³-hybridized carbons (Fsp3) is 1.00. The fourth-order valence-corrected chi connectivity index (χ4v) is 1.32. The lowest BCUT2D eigenvalue weighted by molar-refractivity contribution is 0.0368. The van der Waals surface area contributed by atoms with Crippen molar-refractivity contribution < 1.29 is 9.84 Å². The molecule has 0 aliphatic carbocycles. The predicted molar refractivity (Wildman–Crippen MR) is 55.9 cm³/mol. The van der Waals surface area contributed by atoms with Crippen molar-refractivity contribution in [1.82, 2.24) is 0 Å². The second kappa shape index (κ2) is 10.0. The van der Waals surface area contributed by atoms with Crippen molar-refractivity contribution in [3.05, 3.63) is 0 Å². The summed E-state index contributed by atoms with van der Waals surface area (Å²) in [5.41, 5.74) is 0. The van der Waals surface area contributed by atoms with Gasteiger partial charge in [-0.05, 0) is 13.3 Å². The first-order chi connectivity index (χ1) is 6.31. The zero-order chi connectivity index (χ0) is 9.94. The Morgan fingerprint density at radius 3 is 2.38 bits per heavy atom. The van der Waals surface area contributed by atoms with E-state index in [0.717, 1.165) is 12.8 Å². The van der Waals surface area contributed by atoms with Crippen LogP contribution in [0, 0.1) is 0 Å². The number of ether oxygens (including phenoxy) is 1. The first kappa shape index (κ1) is 12.9. The monoisotopic (exact) mass is 188 g/mol. The maximum absolute atomic E-state index is 9.41. The predicted octanol–water partition coefficient (Wildman–Crippen LogP) is 2.74. The third-order valence-electron chi connectivity index (χ3n) is 2.16. The third kappa shape index (κ3) is 9.84. The number of rotatable bonds is 9. The molecular formula is C11H24O2. The standard InChI is InChI=1S/C11H24O2/c1-3-5-6-7-8-9-11(12)10-13-4-2/h11-12H,3-10H2,1-2H3. The molecule has 1 unspecified atom stereocenters. The molecule has 0 saturated heterocycles. The van der Waals surface area contributed by atoms with E-state index in [4.69, 9.17) is 4.74 Å². The molecule has 0 aliphatic rings. The summed E-state index contributed by atoms with van der Waals surface area (Å²) in [6.45, 7) is 5.37. The van der Waals surface area contributed by atoms with Crippen LogP contribution in [-0.4, -0.2) is 24.4 Å². The summed E-state index contributed by atoms with van der Waals surface area (Å²) < 4.78 is 5.12. The Balaban J connectivity index is 3.03. The van der Waals surface area contributed by atoms with E-state index in [2.05, 4.69) is 6.92 Å². The topological polar surface area (TPSA) is 29.5 Å². The van der Waals surface area contributed by atoms with Crippen molar-refractivity contribution in [3.63, 3.8) is 0 Å². The summed E-state index contributed by atoms with van der Waals surface area (Å²) in [6.07, 6.45) is 6.93. The largest absolute Gasteiger partial charge is 0.391 e. The molecule has 80 valence electrons. The molecular weight excluding hydrogens is 164 g/mol. The van der Waals surface area contributed by atoms with E-state index in [9.17, 15) is 5.11 Å². The Hall–Kier alpha value is -0.0800. The van der Waals surface area contributed by atoms with E-state index in [1.54, 1.807) is 0 Å². The molecule has 0 aromatic carbocycles. The molecule has 1 atom stereocenters. The minimum atomic E-state index is -0.249. The maximum Gasteiger partial charge on any atom is 0.0773 e. The van der Waals surface area contributed by atoms with Crippen LogP contribution in [0.25, 0.3) is 0 Å². The van der Waals surface area contributed by atoms with E-state index in [1.807, 2.05) is 6.92 Å². The average Bonchev–Trinajstić information content (AvgIpc) is 2.14. The van der Waals surface area contributed by atoms with Crippen LogP contribution in [0.2, 0.25) is 0 Å². The van der Waals surface area contributed by atoms with Gasteiger partial charge >= 0.3 is 0 Å². The van der Waals surface area contributed by atoms with Crippen molar-refractivity contribution in [3.8, 4) is 0 Å². The molecule has 0 rings (SSSR count). The van der Waals surface area contributed by atoms with Crippen molar-refractivity contribution in [2.75, 3.05) is 13.2 Å². The average molecular weight is 188 g/mol. The molecule has 0 heterocycles. The number of hydrogen-bond donors (Lipinski definition) is 1. The zero-order valence-corrected chi connectivity index (χ0v) is 9.09. The summed E-state index contributed by atoms with van der Waals surface area (Å²) in [5, 5.41) is 9.41. The molecule has 13 heavy (non-hydrogen) atoms. The third-order valence-corrected chi connectivity index (χ3v) is 2.16. The summed E-state index contributed by atoms with van der Waals surface area (Å²) in [7, 11) is 0. The molecule has 0 fully saturated rings. The highest BCUT2D eigenvalue weighted by molar-refractivity contribution is 4.54. The molecule has 0 radical (unpaired) electrons. The Kier molecular flexibility index (Phi) is 9.94. The highest BCUT2D eigenvalue weighted by atomic mass is 16.5. The molecule has 0 saturated carbocycles. The molecule has 0 aromatic heterocycles. The molecule has 0 amide bonds. The lowest BCUT2D eigenvalue weighted by Gasteiger charge is -2.09. The van der Waals surface area contributed by atoms with Gasteiger partial charge in [-0.15, -0.1) is 0 Å². The van der Waals surface area contributed by atoms with Crippen LogP contribution in [-0.2, 0) is 4.74 Å². The maximum atomic E-state index is 9.41. The smallest absolute Gasteiger partial charge is 0.0773 e. The van der Waals surface area contributed by atoms with Gasteiger partial charge in [0, 0.05) is 6.61 Å². The van der Waals surface area contributed by atoms with Crippen molar-refractivity contribution in [2.45, 2.75) is 58.5 Å². The van der Waals surface area contributed by atoms with Gasteiger partial charge in [0.1, 0.15) is 0 Å². The Morgan fingerprint density at radius 2 is 1.77 bits per heavy atom. The van der Waals surface area contributed by atoms with E-state index >= 15 is 0 Å². The van der Waals surface area contributed by atoms with Gasteiger partial charge in [-0.1, -0.05) is 39.0 Å². The number of unbranched alkanes of at least 4 members (excludes halogenated alkanes) is 4. The highest BCUT2D eigenvalue weighted by Gasteiger charge is 2.02. The van der Waals surface area contributed by atoms with Crippen molar-refractivity contribution in [2.24, 2.45) is 0 Å². The van der Waals surface area contributed by atoms with Gasteiger partial charge in [0.25, 0.3) is 0 Å². The molecule has 1 N–H and O–H groups in total. The van der Waals surface area contributed by atoms with Crippen LogP contribution >= 0.6 is 0 Å². The normalized spacial score (nSPS) is 13.2. The van der Waals surface area contributed by atoms with Gasteiger partial charge in [-0.2, -0.15) is 0 Å². The molecule has 2 heteroatoms. The highest BCUT2D eigenvalue weighted by Crippen LogP contribution is 2.07. The van der Waals surface area contributed by atoms with Gasteiger partial charge in [0.05, 0.1) is 12.7 Å². The Labute approximate surface area is 82.3 Å². The van der Waals surface area contributed by atoms with Crippen LogP contribution in [0.5, 0.6) is 0 Å². The van der Waals surface area contributed by atoms with Gasteiger partial charge in [-0.25, -0.2) is 0 Å². The van der Waals surface area contributed by atoms with Crippen molar-refractivity contribution >= 4 is 0 Å². The minimum absolute atomic E-state index is 0.249. The van der Waals surface area contributed by atoms with Gasteiger partial charge in [-0.3, -0.25) is 0 Å². The van der Waals surface area contributed by atoms with Crippen LogP contribution in [0.1, 0.15) is 52.4 Å². The summed E-state index contributed by atoms with van der Waals surface area (Å²) in [5.74, 6) is 0. The second-order valence-electron chi connectivity index (χ2n) is 3.52. The van der Waals surface area contributed by atoms with E-state index < -0.39 is 0 Å². The number of aliphatic hydroxyl groups excluding tert-OH is 1. The number of aliphatic hydroxyl groups is 1. The lowest BCUT2D eigenvalue weighted by Crippen LogP contribution is -2.14. The first-order valence-electron chi connectivity index (χ1n) is 5.57. The molecule has 0 spiro atoms. The van der Waals surface area contributed by atoms with E-state index in [-0.39, 0.29) is 6.10 Å². The second-order valence-corrected chi connectivity index (χ2v) is 3.52. The molecule has 0 aliphatic heterocycles. The van der Waals surface area contributed by atoms with Crippen LogP contribution in [0.4, 0.5) is 0 Å². The molecule has 0 aromatic rings. The van der Waals surface area contributed by atoms with Gasteiger partial charge < -0.3 is 9.84 Å². The van der Waals surface area contributed by atoms with Gasteiger partial charge in [0.2, 0.25) is 0 Å². The number of hydrogen-bond acceptors (Lipinski definition) is 2. The molecule has 2 nitrogen and oxygen atoms in total. The van der Waals surface area contributed by atoms with Crippen LogP contribution < -0.4 is 0 Å². The molecule has 0 bridgehead atoms. The summed E-state index contributed by atoms with van der Waals surface area (Å²) in [6, 6.07) is 0. The van der Waals surface area contributed by atoms with E-state index in [1.165, 1.54) is 25.7 Å². The zero-order valence-electron chi connectivity index (χ0n) is 9.09. The minimum Gasteiger partial charge on any atom is -0.391 e. The summed E-state index contributed by atoms with van der Waals surface area (Å²) in [4.78, 5) is 0. The Morgan fingerprint density at radius 1 is 1.08 bits per heavy atom. The Bertz CT molecular complexity index is 94.1. The lowest BCUT2D eigenvalue weighted by atomic mass is 10.1. The van der Waals surface area contributed by atoms with Crippen LogP contribution in [0.15, 0.2) is 0 Å². The quantitative estimate of drug-likeness (QED) is 0.564. The van der Waals surface area contributed by atoms with Crippen molar-refractivity contribution in [1.29, 1.82) is 0 Å². The van der Waals surface area contributed by atoms with Gasteiger partial charge in [0.15, 0.2) is 0 Å². The van der Waals surface area contributed by atoms with E-state index in [0.29, 0.717) is 13.2 Å². The SMILES string of the molecule is CCCCCCCC(O)COCC. The van der Waals surface area contributed by atoms with Crippen LogP contribution in [0.3, 0.4) is 0 Å².